The van der Waals surface area contributed by atoms with Gasteiger partial charge < -0.3 is 4.74 Å². The standard InChI is InChI=1S/C10H10FN3O/c1-14-6-8(4-13-14)7-15-9-2-3-10(11)12-5-9/h2-6H,7H2,1H3. The van der Waals surface area contributed by atoms with Crippen molar-refractivity contribution in [2.45, 2.75) is 6.61 Å². The van der Waals surface area contributed by atoms with Crippen LogP contribution in [0.4, 0.5) is 4.39 Å². The van der Waals surface area contributed by atoms with Crippen LogP contribution in [0.2, 0.25) is 0 Å². The van der Waals surface area contributed by atoms with Crippen molar-refractivity contribution in [3.05, 3.63) is 42.2 Å². The number of aromatic nitrogens is 3. The number of ether oxygens (including phenoxy) is 1. The second-order valence-corrected chi connectivity index (χ2v) is 3.13. The molecule has 15 heavy (non-hydrogen) atoms. The van der Waals surface area contributed by atoms with Gasteiger partial charge in [-0.25, -0.2) is 4.98 Å². The van der Waals surface area contributed by atoms with Crippen molar-refractivity contribution in [1.29, 1.82) is 0 Å². The van der Waals surface area contributed by atoms with Gasteiger partial charge in [0.2, 0.25) is 5.95 Å². The second-order valence-electron chi connectivity index (χ2n) is 3.13. The predicted octanol–water partition coefficient (Wildman–Crippen LogP) is 1.53. The first-order chi connectivity index (χ1) is 7.24. The minimum absolute atomic E-state index is 0.404. The van der Waals surface area contributed by atoms with Gasteiger partial charge >= 0.3 is 0 Å². The monoisotopic (exact) mass is 207 g/mol. The number of rotatable bonds is 3. The molecule has 0 radical (unpaired) electrons. The van der Waals surface area contributed by atoms with Crippen molar-refractivity contribution in [2.75, 3.05) is 0 Å². The highest BCUT2D eigenvalue weighted by Crippen LogP contribution is 2.10. The maximum Gasteiger partial charge on any atom is 0.213 e. The lowest BCUT2D eigenvalue weighted by Crippen LogP contribution is -1.95. The fraction of sp³-hybridized carbons (Fsp3) is 0.200. The summed E-state index contributed by atoms with van der Waals surface area (Å²) in [5, 5.41) is 4.00. The average Bonchev–Trinajstić information content (AvgIpc) is 2.64. The first-order valence-corrected chi connectivity index (χ1v) is 4.46. The van der Waals surface area contributed by atoms with Crippen molar-refractivity contribution in [1.82, 2.24) is 14.8 Å². The fourth-order valence-corrected chi connectivity index (χ4v) is 1.16. The van der Waals surface area contributed by atoms with Crippen molar-refractivity contribution in [3.63, 3.8) is 0 Å². The zero-order chi connectivity index (χ0) is 10.7. The van der Waals surface area contributed by atoms with E-state index >= 15 is 0 Å². The Balaban J connectivity index is 1.96. The molecule has 0 aliphatic rings. The van der Waals surface area contributed by atoms with E-state index in [4.69, 9.17) is 4.74 Å². The van der Waals surface area contributed by atoms with Crippen LogP contribution in [-0.4, -0.2) is 14.8 Å². The summed E-state index contributed by atoms with van der Waals surface area (Å²) in [5.74, 6) is 0.0315. The molecule has 78 valence electrons. The predicted molar refractivity (Wildman–Crippen MR) is 51.7 cm³/mol. The Bertz CT molecular complexity index is 438. The molecule has 0 spiro atoms. The van der Waals surface area contributed by atoms with Gasteiger partial charge in [-0.2, -0.15) is 9.49 Å². The summed E-state index contributed by atoms with van der Waals surface area (Å²) in [6, 6.07) is 2.80. The lowest BCUT2D eigenvalue weighted by molar-refractivity contribution is 0.304. The third-order valence-electron chi connectivity index (χ3n) is 1.86. The molecule has 2 rings (SSSR count). The molecule has 0 aliphatic heterocycles. The number of hydrogen-bond acceptors (Lipinski definition) is 3. The van der Waals surface area contributed by atoms with Gasteiger partial charge in [0.25, 0.3) is 0 Å². The lowest BCUT2D eigenvalue weighted by atomic mass is 10.4. The number of hydrogen-bond donors (Lipinski definition) is 0. The van der Waals surface area contributed by atoms with E-state index < -0.39 is 5.95 Å². The van der Waals surface area contributed by atoms with Crippen LogP contribution in [0.3, 0.4) is 0 Å². The SMILES string of the molecule is Cn1cc(COc2ccc(F)nc2)cn1. The van der Waals surface area contributed by atoms with E-state index in [-0.39, 0.29) is 0 Å². The molecule has 4 nitrogen and oxygen atoms in total. The van der Waals surface area contributed by atoms with Gasteiger partial charge in [0.1, 0.15) is 12.4 Å². The Kier molecular flexibility index (Phi) is 2.62. The Morgan fingerprint density at radius 2 is 2.27 bits per heavy atom. The van der Waals surface area contributed by atoms with Gasteiger partial charge in [-0.15, -0.1) is 0 Å². The van der Waals surface area contributed by atoms with Crippen molar-refractivity contribution in [3.8, 4) is 5.75 Å². The summed E-state index contributed by atoms with van der Waals surface area (Å²) < 4.78 is 19.5. The maximum absolute atomic E-state index is 12.5. The average molecular weight is 207 g/mol. The third-order valence-corrected chi connectivity index (χ3v) is 1.86. The molecule has 0 saturated carbocycles. The Hall–Kier alpha value is -1.91. The highest BCUT2D eigenvalue weighted by Gasteiger charge is 1.98. The number of pyridine rings is 1. The van der Waals surface area contributed by atoms with E-state index in [2.05, 4.69) is 10.1 Å². The van der Waals surface area contributed by atoms with Gasteiger partial charge in [0, 0.05) is 18.8 Å². The normalized spacial score (nSPS) is 10.3. The zero-order valence-corrected chi connectivity index (χ0v) is 8.22. The molecular formula is C10H10FN3O. The molecule has 0 amide bonds. The summed E-state index contributed by atoms with van der Waals surface area (Å²) in [6.45, 7) is 0.404. The van der Waals surface area contributed by atoms with Crippen LogP contribution in [0.25, 0.3) is 0 Å². The Labute approximate surface area is 86.3 Å². The molecule has 5 heteroatoms. The topological polar surface area (TPSA) is 39.9 Å². The quantitative estimate of drug-likeness (QED) is 0.716. The first kappa shape index (κ1) is 9.64. The van der Waals surface area contributed by atoms with Crippen LogP contribution >= 0.6 is 0 Å². The van der Waals surface area contributed by atoms with Crippen LogP contribution in [0.5, 0.6) is 5.75 Å². The van der Waals surface area contributed by atoms with Gasteiger partial charge in [-0.1, -0.05) is 0 Å². The van der Waals surface area contributed by atoms with Crippen LogP contribution in [-0.2, 0) is 13.7 Å². The smallest absolute Gasteiger partial charge is 0.213 e. The molecule has 2 aromatic rings. The third kappa shape index (κ3) is 2.52. The van der Waals surface area contributed by atoms with Crippen molar-refractivity contribution in [2.24, 2.45) is 7.05 Å². The summed E-state index contributed by atoms with van der Waals surface area (Å²) in [6.07, 6.45) is 4.93. The van der Waals surface area contributed by atoms with E-state index in [1.54, 1.807) is 16.9 Å². The lowest BCUT2D eigenvalue weighted by Gasteiger charge is -2.02. The Morgan fingerprint density at radius 3 is 2.87 bits per heavy atom. The summed E-state index contributed by atoms with van der Waals surface area (Å²) >= 11 is 0. The van der Waals surface area contributed by atoms with E-state index in [1.165, 1.54) is 12.3 Å². The number of aryl methyl sites for hydroxylation is 1. The van der Waals surface area contributed by atoms with E-state index in [9.17, 15) is 4.39 Å². The van der Waals surface area contributed by atoms with Gasteiger partial charge in [0.15, 0.2) is 0 Å². The largest absolute Gasteiger partial charge is 0.487 e. The number of halogens is 1. The highest BCUT2D eigenvalue weighted by atomic mass is 19.1. The summed E-state index contributed by atoms with van der Waals surface area (Å²) in [7, 11) is 1.84. The molecule has 0 unspecified atom stereocenters. The minimum Gasteiger partial charge on any atom is -0.487 e. The molecule has 0 saturated heterocycles. The van der Waals surface area contributed by atoms with Crippen LogP contribution in [0.15, 0.2) is 30.7 Å². The van der Waals surface area contributed by atoms with Crippen molar-refractivity contribution >= 4 is 0 Å². The molecule has 2 heterocycles. The molecule has 0 fully saturated rings. The molecular weight excluding hydrogens is 197 g/mol. The molecule has 0 atom stereocenters. The molecule has 0 aliphatic carbocycles. The first-order valence-electron chi connectivity index (χ1n) is 4.46. The van der Waals surface area contributed by atoms with Crippen LogP contribution in [0.1, 0.15) is 5.56 Å². The fourth-order valence-electron chi connectivity index (χ4n) is 1.16. The molecule has 0 aromatic carbocycles. The van der Waals surface area contributed by atoms with E-state index in [1.807, 2.05) is 13.2 Å². The van der Waals surface area contributed by atoms with Gasteiger partial charge in [0.05, 0.1) is 12.4 Å². The molecule has 2 aromatic heterocycles. The Morgan fingerprint density at radius 1 is 1.40 bits per heavy atom. The van der Waals surface area contributed by atoms with Crippen LogP contribution < -0.4 is 4.74 Å². The van der Waals surface area contributed by atoms with Crippen molar-refractivity contribution < 1.29 is 9.13 Å². The van der Waals surface area contributed by atoms with E-state index in [0.717, 1.165) is 5.56 Å². The number of nitrogens with zero attached hydrogens (tertiary/aromatic N) is 3. The highest BCUT2D eigenvalue weighted by molar-refractivity contribution is 5.17. The molecule has 0 bridgehead atoms. The summed E-state index contributed by atoms with van der Waals surface area (Å²) in [4.78, 5) is 3.48. The summed E-state index contributed by atoms with van der Waals surface area (Å²) in [5.41, 5.74) is 0.960. The maximum atomic E-state index is 12.5. The molecule has 0 N–H and O–H groups in total. The van der Waals surface area contributed by atoms with Gasteiger partial charge in [-0.05, 0) is 12.1 Å². The minimum atomic E-state index is -0.510. The van der Waals surface area contributed by atoms with Gasteiger partial charge in [-0.3, -0.25) is 4.68 Å². The zero-order valence-electron chi connectivity index (χ0n) is 8.22. The van der Waals surface area contributed by atoms with E-state index in [0.29, 0.717) is 12.4 Å². The second kappa shape index (κ2) is 4.08. The van der Waals surface area contributed by atoms with Crippen LogP contribution in [0, 0.1) is 5.95 Å².